The molecule has 1 heteroatoms. The number of unbranched alkanes of at least 4 members (excludes halogenated alkanes) is 1. The SMILES string of the molecule is CCc1ccccc1C1(CCCCN)C2CC3CC(C2)CC1C3. The maximum atomic E-state index is 5.83. The zero-order chi connectivity index (χ0) is 15.9. The van der Waals surface area contributed by atoms with Gasteiger partial charge >= 0.3 is 0 Å². The molecule has 4 aliphatic rings. The van der Waals surface area contributed by atoms with Crippen molar-refractivity contribution in [2.24, 2.45) is 29.4 Å². The van der Waals surface area contributed by atoms with Gasteiger partial charge in [0.05, 0.1) is 0 Å². The van der Waals surface area contributed by atoms with Crippen LogP contribution in [0.25, 0.3) is 0 Å². The van der Waals surface area contributed by atoms with E-state index in [9.17, 15) is 0 Å². The van der Waals surface area contributed by atoms with E-state index in [1.54, 1.807) is 17.5 Å². The molecule has 0 atom stereocenters. The average Bonchev–Trinajstić information content (AvgIpc) is 2.57. The predicted molar refractivity (Wildman–Crippen MR) is 97.4 cm³/mol. The largest absolute Gasteiger partial charge is 0.330 e. The first-order valence-corrected chi connectivity index (χ1v) is 10.1. The minimum atomic E-state index is 0.481. The van der Waals surface area contributed by atoms with E-state index in [-0.39, 0.29) is 0 Å². The molecule has 4 fully saturated rings. The van der Waals surface area contributed by atoms with Gasteiger partial charge in [-0.2, -0.15) is 0 Å². The van der Waals surface area contributed by atoms with Gasteiger partial charge < -0.3 is 5.73 Å². The second-order valence-corrected chi connectivity index (χ2v) is 8.60. The van der Waals surface area contributed by atoms with Gasteiger partial charge in [0, 0.05) is 5.41 Å². The molecule has 0 unspecified atom stereocenters. The second kappa shape index (κ2) is 6.24. The number of hydrogen-bond donors (Lipinski definition) is 1. The zero-order valence-corrected chi connectivity index (χ0v) is 14.8. The molecule has 0 radical (unpaired) electrons. The van der Waals surface area contributed by atoms with Crippen molar-refractivity contribution in [3.05, 3.63) is 35.4 Å². The summed E-state index contributed by atoms with van der Waals surface area (Å²) in [5.41, 5.74) is 9.66. The minimum Gasteiger partial charge on any atom is -0.330 e. The van der Waals surface area contributed by atoms with Crippen LogP contribution in [-0.2, 0) is 11.8 Å². The molecule has 4 bridgehead atoms. The van der Waals surface area contributed by atoms with Gasteiger partial charge in [0.1, 0.15) is 0 Å². The van der Waals surface area contributed by atoms with Crippen LogP contribution >= 0.6 is 0 Å². The fourth-order valence-electron chi connectivity index (χ4n) is 6.85. The van der Waals surface area contributed by atoms with Crippen molar-refractivity contribution in [3.8, 4) is 0 Å². The Kier molecular flexibility index (Phi) is 4.26. The first-order valence-electron chi connectivity index (χ1n) is 10.1. The average molecular weight is 312 g/mol. The molecule has 126 valence electrons. The number of rotatable bonds is 6. The van der Waals surface area contributed by atoms with Crippen molar-refractivity contribution in [2.45, 2.75) is 70.1 Å². The number of benzene rings is 1. The zero-order valence-electron chi connectivity index (χ0n) is 14.8. The molecule has 2 N–H and O–H groups in total. The summed E-state index contributed by atoms with van der Waals surface area (Å²) in [6, 6.07) is 9.42. The maximum Gasteiger partial charge on any atom is 0.00126 e. The van der Waals surface area contributed by atoms with E-state index >= 15 is 0 Å². The number of aryl methyl sites for hydroxylation is 1. The normalized spacial score (nSPS) is 38.2. The Labute approximate surface area is 142 Å². The lowest BCUT2D eigenvalue weighted by Gasteiger charge is -2.62. The molecule has 0 saturated heterocycles. The van der Waals surface area contributed by atoms with Gasteiger partial charge in [-0.3, -0.25) is 0 Å². The topological polar surface area (TPSA) is 26.0 Å². The standard InChI is InChI=1S/C22H33N/c1-2-18-7-3-4-8-21(18)22(9-5-6-10-23)19-12-16-11-17(14-19)15-20(22)13-16/h3-4,7-8,16-17,19-20H,2,5-6,9-15,23H2,1H3. The molecule has 1 nitrogen and oxygen atoms in total. The van der Waals surface area contributed by atoms with Crippen LogP contribution < -0.4 is 5.73 Å². The Balaban J connectivity index is 1.76. The van der Waals surface area contributed by atoms with Gasteiger partial charge in [0.2, 0.25) is 0 Å². The van der Waals surface area contributed by atoms with Crippen LogP contribution in [0.1, 0.15) is 69.4 Å². The van der Waals surface area contributed by atoms with Gasteiger partial charge in [-0.05, 0) is 92.7 Å². The highest BCUT2D eigenvalue weighted by atomic mass is 14.6. The van der Waals surface area contributed by atoms with Crippen molar-refractivity contribution in [3.63, 3.8) is 0 Å². The van der Waals surface area contributed by atoms with E-state index in [1.807, 2.05) is 0 Å². The summed E-state index contributed by atoms with van der Waals surface area (Å²) in [6.45, 7) is 3.19. The van der Waals surface area contributed by atoms with Crippen molar-refractivity contribution >= 4 is 0 Å². The van der Waals surface area contributed by atoms with Crippen LogP contribution in [0.15, 0.2) is 24.3 Å². The summed E-state index contributed by atoms with van der Waals surface area (Å²) in [4.78, 5) is 0. The minimum absolute atomic E-state index is 0.481. The highest BCUT2D eigenvalue weighted by Gasteiger charge is 2.57. The van der Waals surface area contributed by atoms with Crippen LogP contribution in [0.3, 0.4) is 0 Å². The molecule has 1 aromatic rings. The Morgan fingerprint density at radius 1 is 0.957 bits per heavy atom. The summed E-state index contributed by atoms with van der Waals surface area (Å²) in [7, 11) is 0. The third-order valence-electron chi connectivity index (χ3n) is 7.54. The van der Waals surface area contributed by atoms with Crippen molar-refractivity contribution in [1.29, 1.82) is 0 Å². The van der Waals surface area contributed by atoms with Crippen LogP contribution in [0, 0.1) is 23.7 Å². The Bertz CT molecular complexity index is 519. The lowest BCUT2D eigenvalue weighted by molar-refractivity contribution is -0.0662. The Morgan fingerprint density at radius 2 is 1.61 bits per heavy atom. The van der Waals surface area contributed by atoms with E-state index in [4.69, 9.17) is 5.73 Å². The molecule has 4 saturated carbocycles. The number of hydrogen-bond acceptors (Lipinski definition) is 1. The first kappa shape index (κ1) is 15.7. The van der Waals surface area contributed by atoms with Crippen molar-refractivity contribution < 1.29 is 0 Å². The molecular formula is C22H33N. The van der Waals surface area contributed by atoms with E-state index in [1.165, 1.54) is 51.4 Å². The molecular weight excluding hydrogens is 278 g/mol. The van der Waals surface area contributed by atoms with Crippen molar-refractivity contribution in [1.82, 2.24) is 0 Å². The molecule has 0 aliphatic heterocycles. The van der Waals surface area contributed by atoms with Crippen LogP contribution in [-0.4, -0.2) is 6.54 Å². The van der Waals surface area contributed by atoms with E-state index in [0.717, 1.165) is 30.2 Å². The smallest absolute Gasteiger partial charge is 0.00126 e. The molecule has 23 heavy (non-hydrogen) atoms. The summed E-state index contributed by atoms with van der Waals surface area (Å²) < 4.78 is 0. The quantitative estimate of drug-likeness (QED) is 0.729. The second-order valence-electron chi connectivity index (χ2n) is 8.60. The third-order valence-corrected chi connectivity index (χ3v) is 7.54. The fourth-order valence-corrected chi connectivity index (χ4v) is 6.85. The van der Waals surface area contributed by atoms with E-state index in [2.05, 4.69) is 31.2 Å². The van der Waals surface area contributed by atoms with Gasteiger partial charge in [-0.25, -0.2) is 0 Å². The van der Waals surface area contributed by atoms with E-state index < -0.39 is 0 Å². The van der Waals surface area contributed by atoms with Gasteiger partial charge in [0.15, 0.2) is 0 Å². The number of nitrogens with two attached hydrogens (primary N) is 1. The Hall–Kier alpha value is -0.820. The molecule has 0 aromatic heterocycles. The predicted octanol–water partition coefficient (Wildman–Crippen LogP) is 5.07. The summed E-state index contributed by atoms with van der Waals surface area (Å²) in [6.07, 6.45) is 12.7. The van der Waals surface area contributed by atoms with Crippen LogP contribution in [0.4, 0.5) is 0 Å². The highest BCUT2D eigenvalue weighted by Crippen LogP contribution is 2.64. The highest BCUT2D eigenvalue weighted by molar-refractivity contribution is 5.38. The summed E-state index contributed by atoms with van der Waals surface area (Å²) >= 11 is 0. The van der Waals surface area contributed by atoms with Gasteiger partial charge in [-0.1, -0.05) is 37.6 Å². The molecule has 5 rings (SSSR count). The maximum absolute atomic E-state index is 5.83. The molecule has 0 amide bonds. The molecule has 0 heterocycles. The fraction of sp³-hybridized carbons (Fsp3) is 0.727. The lowest BCUT2D eigenvalue weighted by Crippen LogP contribution is -2.55. The van der Waals surface area contributed by atoms with Crippen molar-refractivity contribution in [2.75, 3.05) is 6.54 Å². The third kappa shape index (κ3) is 2.47. The summed E-state index contributed by atoms with van der Waals surface area (Å²) in [5.74, 6) is 4.00. The molecule has 1 aromatic carbocycles. The lowest BCUT2D eigenvalue weighted by atomic mass is 9.42. The molecule has 4 aliphatic carbocycles. The van der Waals surface area contributed by atoms with Gasteiger partial charge in [0.25, 0.3) is 0 Å². The van der Waals surface area contributed by atoms with Gasteiger partial charge in [-0.15, -0.1) is 0 Å². The molecule has 0 spiro atoms. The first-order chi connectivity index (χ1) is 11.3. The Morgan fingerprint density at radius 3 is 2.22 bits per heavy atom. The monoisotopic (exact) mass is 311 g/mol. The van der Waals surface area contributed by atoms with Crippen LogP contribution in [0.5, 0.6) is 0 Å². The van der Waals surface area contributed by atoms with E-state index in [0.29, 0.717) is 5.41 Å². The summed E-state index contributed by atoms with van der Waals surface area (Å²) in [5, 5.41) is 0. The van der Waals surface area contributed by atoms with Crippen LogP contribution in [0.2, 0.25) is 0 Å².